The Kier molecular flexibility index (Phi) is 7.32. The molecule has 5 rings (SSSR count). The molecule has 8 nitrogen and oxygen atoms in total. The number of alkyl halides is 3. The number of fused-ring (bicyclic) bond motifs is 1. The fraction of sp³-hybridized carbons (Fsp3) is 0.259. The van der Waals surface area contributed by atoms with Gasteiger partial charge in [-0.25, -0.2) is 18.8 Å². The highest BCUT2D eigenvalue weighted by molar-refractivity contribution is 9.10. The zero-order chi connectivity index (χ0) is 29.7. The van der Waals surface area contributed by atoms with Gasteiger partial charge in [-0.3, -0.25) is 19.6 Å². The third kappa shape index (κ3) is 5.17. The Hall–Kier alpha value is -3.91. The SMILES string of the molecule is C[C@]12CCCN1N(Cc1cccc(F)c1F)C(=O)C(C(=O)Nc1ccc(C(F)(F)F)cc1-c1cnc(Br)cn1)=C2O. The summed E-state index contributed by atoms with van der Waals surface area (Å²) in [5.41, 5.74) is -3.31. The van der Waals surface area contributed by atoms with Crippen LogP contribution in [0.4, 0.5) is 27.6 Å². The largest absolute Gasteiger partial charge is 0.509 e. The van der Waals surface area contributed by atoms with Gasteiger partial charge in [0.25, 0.3) is 11.8 Å². The first kappa shape index (κ1) is 28.6. The summed E-state index contributed by atoms with van der Waals surface area (Å²) in [4.78, 5) is 35.3. The van der Waals surface area contributed by atoms with Crippen LogP contribution >= 0.6 is 15.9 Å². The van der Waals surface area contributed by atoms with E-state index < -0.39 is 58.6 Å². The van der Waals surface area contributed by atoms with E-state index in [9.17, 15) is 36.6 Å². The van der Waals surface area contributed by atoms with Crippen LogP contribution in [0.2, 0.25) is 0 Å². The molecule has 3 aromatic rings. The van der Waals surface area contributed by atoms with Gasteiger partial charge in [-0.1, -0.05) is 12.1 Å². The monoisotopic (exact) mass is 637 g/mol. The van der Waals surface area contributed by atoms with Gasteiger partial charge in [0.2, 0.25) is 0 Å². The maximum atomic E-state index is 14.5. The van der Waals surface area contributed by atoms with Crippen LogP contribution < -0.4 is 5.32 Å². The summed E-state index contributed by atoms with van der Waals surface area (Å²) < 4.78 is 69.2. The zero-order valence-electron chi connectivity index (χ0n) is 21.3. The maximum Gasteiger partial charge on any atom is 0.416 e. The highest BCUT2D eigenvalue weighted by Crippen LogP contribution is 2.42. The summed E-state index contributed by atoms with van der Waals surface area (Å²) in [7, 11) is 0. The van der Waals surface area contributed by atoms with Gasteiger partial charge in [0.1, 0.15) is 15.9 Å². The molecule has 214 valence electrons. The normalized spacial score (nSPS) is 19.5. The first-order valence-corrected chi connectivity index (χ1v) is 13.1. The fourth-order valence-electron chi connectivity index (χ4n) is 5.06. The van der Waals surface area contributed by atoms with Gasteiger partial charge in [-0.2, -0.15) is 13.2 Å². The Balaban J connectivity index is 1.54. The summed E-state index contributed by atoms with van der Waals surface area (Å²) in [5.74, 6) is -4.89. The number of nitrogens with one attached hydrogen (secondary N) is 1. The summed E-state index contributed by atoms with van der Waals surface area (Å²) in [6, 6.07) is 6.05. The van der Waals surface area contributed by atoms with E-state index in [1.165, 1.54) is 29.5 Å². The van der Waals surface area contributed by atoms with Crippen molar-refractivity contribution < 1.29 is 36.6 Å². The molecule has 0 radical (unpaired) electrons. The minimum Gasteiger partial charge on any atom is -0.509 e. The van der Waals surface area contributed by atoms with Crippen molar-refractivity contribution >= 4 is 33.4 Å². The molecular formula is C27H21BrF5N5O3. The van der Waals surface area contributed by atoms with Crippen molar-refractivity contribution in [3.05, 3.63) is 87.5 Å². The van der Waals surface area contributed by atoms with Crippen LogP contribution in [0.5, 0.6) is 0 Å². The molecule has 2 aliphatic heterocycles. The predicted molar refractivity (Wildman–Crippen MR) is 140 cm³/mol. The van der Waals surface area contributed by atoms with Crippen LogP contribution in [0.1, 0.15) is 30.9 Å². The lowest BCUT2D eigenvalue weighted by atomic mass is 9.90. The lowest BCUT2D eigenvalue weighted by molar-refractivity contribution is -0.160. The standard InChI is InChI=1S/C27H21BrF5N5O3/c1-26-8-3-9-38(26)37(13-14-4-2-5-17(29)22(14)30)25(41)21(23(26)39)24(40)36-18-7-6-15(27(31,32)33)10-16(18)19-11-35-20(28)12-34-19/h2,4-7,10-12,39H,3,8-9,13H2,1H3,(H,36,40)/t26-/m1/s1. The summed E-state index contributed by atoms with van der Waals surface area (Å²) in [6.07, 6.45) is -1.38. The second-order valence-electron chi connectivity index (χ2n) is 9.74. The number of halogens is 6. The van der Waals surface area contributed by atoms with E-state index in [4.69, 9.17) is 0 Å². The molecule has 1 fully saturated rings. The van der Waals surface area contributed by atoms with E-state index in [0.717, 1.165) is 29.3 Å². The number of aliphatic hydroxyl groups is 1. The van der Waals surface area contributed by atoms with E-state index in [0.29, 0.717) is 24.0 Å². The van der Waals surface area contributed by atoms with Crippen LogP contribution in [0, 0.1) is 11.6 Å². The van der Waals surface area contributed by atoms with Gasteiger partial charge in [-0.05, 0) is 60.0 Å². The highest BCUT2D eigenvalue weighted by atomic mass is 79.9. The molecule has 2 amide bonds. The number of hydrogen-bond donors (Lipinski definition) is 2. The van der Waals surface area contributed by atoms with Crippen molar-refractivity contribution in [3.8, 4) is 11.3 Å². The van der Waals surface area contributed by atoms with E-state index in [2.05, 4.69) is 31.2 Å². The first-order chi connectivity index (χ1) is 19.3. The molecule has 3 heterocycles. The minimum atomic E-state index is -4.70. The molecule has 2 aliphatic rings. The second kappa shape index (κ2) is 10.5. The summed E-state index contributed by atoms with van der Waals surface area (Å²) in [5, 5.41) is 16.2. The highest BCUT2D eigenvalue weighted by Gasteiger charge is 2.52. The quantitative estimate of drug-likeness (QED) is 0.272. The van der Waals surface area contributed by atoms with Crippen LogP contribution in [-0.4, -0.2) is 49.0 Å². The van der Waals surface area contributed by atoms with Crippen LogP contribution in [0.15, 0.2) is 64.7 Å². The van der Waals surface area contributed by atoms with Crippen molar-refractivity contribution in [2.45, 2.75) is 38.0 Å². The second-order valence-corrected chi connectivity index (χ2v) is 10.5. The molecule has 0 saturated carbocycles. The Bertz CT molecular complexity index is 1580. The first-order valence-electron chi connectivity index (χ1n) is 12.3. The number of carbonyl (C=O) groups is 2. The number of aliphatic hydroxyl groups excluding tert-OH is 1. The van der Waals surface area contributed by atoms with Gasteiger partial charge in [0, 0.05) is 17.7 Å². The molecule has 1 saturated heterocycles. The Labute approximate surface area is 238 Å². The van der Waals surface area contributed by atoms with Gasteiger partial charge >= 0.3 is 6.18 Å². The van der Waals surface area contributed by atoms with E-state index in [-0.39, 0.29) is 22.5 Å². The number of carbonyl (C=O) groups excluding carboxylic acids is 2. The van der Waals surface area contributed by atoms with Crippen LogP contribution in [-0.2, 0) is 22.3 Å². The molecular weight excluding hydrogens is 617 g/mol. The van der Waals surface area contributed by atoms with Crippen molar-refractivity contribution in [3.63, 3.8) is 0 Å². The number of aromatic nitrogens is 2. The lowest BCUT2D eigenvalue weighted by Gasteiger charge is -2.46. The molecule has 1 atom stereocenters. The number of hydrazine groups is 1. The number of amides is 2. The maximum absolute atomic E-state index is 14.5. The molecule has 0 spiro atoms. The number of anilines is 1. The number of benzene rings is 2. The Morgan fingerprint density at radius 3 is 2.61 bits per heavy atom. The van der Waals surface area contributed by atoms with Crippen molar-refractivity contribution in [1.29, 1.82) is 0 Å². The molecule has 1 aromatic heterocycles. The van der Waals surface area contributed by atoms with Gasteiger partial charge in [-0.15, -0.1) is 0 Å². The van der Waals surface area contributed by atoms with Crippen LogP contribution in [0.25, 0.3) is 11.3 Å². The van der Waals surface area contributed by atoms with E-state index in [1.54, 1.807) is 6.92 Å². The topological polar surface area (TPSA) is 98.7 Å². The van der Waals surface area contributed by atoms with Gasteiger partial charge in [0.05, 0.1) is 41.4 Å². The van der Waals surface area contributed by atoms with E-state index >= 15 is 0 Å². The number of hydrogen-bond acceptors (Lipinski definition) is 6. The zero-order valence-corrected chi connectivity index (χ0v) is 22.9. The van der Waals surface area contributed by atoms with Gasteiger partial charge < -0.3 is 10.4 Å². The summed E-state index contributed by atoms with van der Waals surface area (Å²) >= 11 is 3.11. The van der Waals surface area contributed by atoms with Crippen molar-refractivity contribution in [2.24, 2.45) is 0 Å². The Morgan fingerprint density at radius 1 is 1.17 bits per heavy atom. The molecule has 0 bridgehead atoms. The van der Waals surface area contributed by atoms with E-state index in [1.807, 2.05) is 0 Å². The molecule has 0 unspecified atom stereocenters. The average Bonchev–Trinajstić information content (AvgIpc) is 3.32. The third-order valence-corrected chi connectivity index (χ3v) is 7.57. The average molecular weight is 638 g/mol. The molecule has 2 N–H and O–H groups in total. The van der Waals surface area contributed by atoms with Crippen LogP contribution in [0.3, 0.4) is 0 Å². The lowest BCUT2D eigenvalue weighted by Crippen LogP contribution is -2.60. The van der Waals surface area contributed by atoms with Gasteiger partial charge in [0.15, 0.2) is 11.6 Å². The molecule has 0 aliphatic carbocycles. The minimum absolute atomic E-state index is 0.0000851. The molecule has 14 heteroatoms. The Morgan fingerprint density at radius 2 is 1.93 bits per heavy atom. The summed E-state index contributed by atoms with van der Waals surface area (Å²) in [6.45, 7) is 1.47. The molecule has 2 aromatic carbocycles. The third-order valence-electron chi connectivity index (χ3n) is 7.16. The number of rotatable bonds is 5. The molecule has 41 heavy (non-hydrogen) atoms. The van der Waals surface area contributed by atoms with Crippen molar-refractivity contribution in [2.75, 3.05) is 11.9 Å². The predicted octanol–water partition coefficient (Wildman–Crippen LogP) is 5.77. The fourth-order valence-corrected chi connectivity index (χ4v) is 5.26. The number of nitrogens with zero attached hydrogens (tertiary/aromatic N) is 4. The van der Waals surface area contributed by atoms with Crippen molar-refractivity contribution in [1.82, 2.24) is 20.0 Å². The smallest absolute Gasteiger partial charge is 0.416 e.